The maximum atomic E-state index is 12.8. The Morgan fingerprint density at radius 3 is 2.09 bits per heavy atom. The Morgan fingerprint density at radius 1 is 0.818 bits per heavy atom. The molecule has 4 nitrogen and oxygen atoms in total. The third kappa shape index (κ3) is 5.35. The number of para-hydroxylation sites is 2. The van der Waals surface area contributed by atoms with Crippen LogP contribution in [0.4, 0.5) is 0 Å². The van der Waals surface area contributed by atoms with Crippen LogP contribution >= 0.6 is 0 Å². The van der Waals surface area contributed by atoms with Gasteiger partial charge in [0, 0.05) is 24.2 Å². The molecule has 4 rings (SSSR count). The topological polar surface area (TPSA) is 41.6 Å². The van der Waals surface area contributed by atoms with E-state index < -0.39 is 0 Å². The summed E-state index contributed by atoms with van der Waals surface area (Å²) in [5.41, 5.74) is 5.56. The second-order valence-corrected chi connectivity index (χ2v) is 8.19. The summed E-state index contributed by atoms with van der Waals surface area (Å²) >= 11 is 0. The van der Waals surface area contributed by atoms with E-state index >= 15 is 0 Å². The van der Waals surface area contributed by atoms with E-state index in [0.29, 0.717) is 13.1 Å². The van der Waals surface area contributed by atoms with Gasteiger partial charge in [0.25, 0.3) is 5.91 Å². The first kappa shape index (κ1) is 22.8. The molecule has 0 atom stereocenters. The summed E-state index contributed by atoms with van der Waals surface area (Å²) < 4.78 is 6.31. The number of nitrogens with zero attached hydrogens (tertiary/aromatic N) is 1. The number of benzene rings is 3. The molecule has 170 valence electrons. The first-order valence-electron chi connectivity index (χ1n) is 11.9. The molecule has 1 saturated heterocycles. The standard InChI is InChI=1S/C29H32N2O2/c1-3-31(4-2)29(32)24-16-14-22(15-17-24)28(23-18-20-30-21-19-23)26-12-8-9-13-27(26)33-25-10-6-5-7-11-25/h5-17,30H,3-4,18-21H2,1-2H3. The van der Waals surface area contributed by atoms with Crippen molar-refractivity contribution in [3.63, 3.8) is 0 Å². The quantitative estimate of drug-likeness (QED) is 0.479. The lowest BCUT2D eigenvalue weighted by Gasteiger charge is -2.23. The van der Waals surface area contributed by atoms with Gasteiger partial charge in [-0.2, -0.15) is 0 Å². The van der Waals surface area contributed by atoms with Crippen molar-refractivity contribution in [3.8, 4) is 11.5 Å². The highest BCUT2D eigenvalue weighted by atomic mass is 16.5. The van der Waals surface area contributed by atoms with Crippen molar-refractivity contribution >= 4 is 11.5 Å². The molecule has 0 bridgehead atoms. The van der Waals surface area contributed by atoms with Crippen LogP contribution in [0.25, 0.3) is 5.57 Å². The van der Waals surface area contributed by atoms with Gasteiger partial charge in [-0.05, 0) is 81.2 Å². The van der Waals surface area contributed by atoms with E-state index in [-0.39, 0.29) is 5.91 Å². The summed E-state index contributed by atoms with van der Waals surface area (Å²) in [4.78, 5) is 14.7. The van der Waals surface area contributed by atoms with Gasteiger partial charge in [-0.15, -0.1) is 0 Å². The largest absolute Gasteiger partial charge is 0.457 e. The van der Waals surface area contributed by atoms with Crippen LogP contribution < -0.4 is 10.1 Å². The lowest BCUT2D eigenvalue weighted by molar-refractivity contribution is 0.0773. The molecular weight excluding hydrogens is 408 g/mol. The van der Waals surface area contributed by atoms with Crippen molar-refractivity contribution in [3.05, 3.63) is 101 Å². The minimum absolute atomic E-state index is 0.0791. The predicted octanol–water partition coefficient (Wildman–Crippen LogP) is 6.15. The molecule has 3 aromatic rings. The first-order valence-corrected chi connectivity index (χ1v) is 11.9. The summed E-state index contributed by atoms with van der Waals surface area (Å²) in [5.74, 6) is 1.74. The van der Waals surface area contributed by atoms with Crippen LogP contribution in [0.5, 0.6) is 11.5 Å². The fourth-order valence-corrected chi connectivity index (χ4v) is 4.38. The van der Waals surface area contributed by atoms with E-state index in [9.17, 15) is 4.79 Å². The monoisotopic (exact) mass is 440 g/mol. The number of hydrogen-bond acceptors (Lipinski definition) is 3. The van der Waals surface area contributed by atoms with E-state index in [1.54, 1.807) is 0 Å². The number of ether oxygens (including phenoxy) is 1. The van der Waals surface area contributed by atoms with Crippen LogP contribution in [-0.2, 0) is 0 Å². The van der Waals surface area contributed by atoms with Gasteiger partial charge in [0.05, 0.1) is 0 Å². The number of piperidine rings is 1. The SMILES string of the molecule is CCN(CC)C(=O)c1ccc(C(=C2CCNCC2)c2ccccc2Oc2ccccc2)cc1. The second kappa shape index (κ2) is 11.0. The average molecular weight is 441 g/mol. The maximum Gasteiger partial charge on any atom is 0.253 e. The molecule has 1 aliphatic heterocycles. The van der Waals surface area contributed by atoms with Crippen LogP contribution in [0.2, 0.25) is 0 Å². The van der Waals surface area contributed by atoms with Gasteiger partial charge in [-0.25, -0.2) is 0 Å². The molecule has 0 radical (unpaired) electrons. The molecule has 1 N–H and O–H groups in total. The van der Waals surface area contributed by atoms with Gasteiger partial charge >= 0.3 is 0 Å². The zero-order valence-electron chi connectivity index (χ0n) is 19.5. The Hall–Kier alpha value is -3.37. The van der Waals surface area contributed by atoms with Crippen LogP contribution in [0.3, 0.4) is 0 Å². The highest BCUT2D eigenvalue weighted by Crippen LogP contribution is 2.38. The smallest absolute Gasteiger partial charge is 0.253 e. The Bertz CT molecular complexity index is 1090. The minimum Gasteiger partial charge on any atom is -0.457 e. The summed E-state index contributed by atoms with van der Waals surface area (Å²) in [6, 6.07) is 26.2. The van der Waals surface area contributed by atoms with Crippen molar-refractivity contribution < 1.29 is 9.53 Å². The Labute approximate surface area is 196 Å². The second-order valence-electron chi connectivity index (χ2n) is 8.19. The van der Waals surface area contributed by atoms with Crippen molar-refractivity contribution in [1.82, 2.24) is 10.2 Å². The molecule has 0 spiro atoms. The Morgan fingerprint density at radius 2 is 1.42 bits per heavy atom. The van der Waals surface area contributed by atoms with Gasteiger partial charge in [0.1, 0.15) is 11.5 Å². The van der Waals surface area contributed by atoms with Crippen LogP contribution in [-0.4, -0.2) is 37.0 Å². The van der Waals surface area contributed by atoms with Gasteiger partial charge < -0.3 is 15.0 Å². The number of carbonyl (C=O) groups is 1. The highest BCUT2D eigenvalue weighted by Gasteiger charge is 2.19. The highest BCUT2D eigenvalue weighted by molar-refractivity contribution is 5.95. The van der Waals surface area contributed by atoms with E-state index in [1.807, 2.05) is 73.3 Å². The Balaban J connectivity index is 1.75. The first-order chi connectivity index (χ1) is 16.2. The van der Waals surface area contributed by atoms with Gasteiger partial charge in [0.15, 0.2) is 0 Å². The molecule has 1 fully saturated rings. The number of nitrogens with one attached hydrogen (secondary N) is 1. The predicted molar refractivity (Wildman–Crippen MR) is 135 cm³/mol. The van der Waals surface area contributed by atoms with E-state index in [0.717, 1.165) is 54.1 Å². The van der Waals surface area contributed by atoms with Crippen LogP contribution in [0.15, 0.2) is 84.4 Å². The van der Waals surface area contributed by atoms with E-state index in [4.69, 9.17) is 4.74 Å². The van der Waals surface area contributed by atoms with Gasteiger partial charge in [-0.1, -0.05) is 54.1 Å². The zero-order chi connectivity index (χ0) is 23.0. The van der Waals surface area contributed by atoms with Crippen molar-refractivity contribution in [2.75, 3.05) is 26.2 Å². The zero-order valence-corrected chi connectivity index (χ0v) is 19.5. The summed E-state index contributed by atoms with van der Waals surface area (Å²) in [7, 11) is 0. The summed E-state index contributed by atoms with van der Waals surface area (Å²) in [5, 5.41) is 3.46. The lowest BCUT2D eigenvalue weighted by atomic mass is 9.88. The summed E-state index contributed by atoms with van der Waals surface area (Å²) in [6.07, 6.45) is 1.99. The fourth-order valence-electron chi connectivity index (χ4n) is 4.38. The van der Waals surface area contributed by atoms with Gasteiger partial charge in [0.2, 0.25) is 0 Å². The average Bonchev–Trinajstić information content (AvgIpc) is 2.88. The molecule has 4 heteroatoms. The maximum absolute atomic E-state index is 12.8. The third-order valence-corrected chi connectivity index (χ3v) is 6.16. The Kier molecular flexibility index (Phi) is 7.59. The molecule has 1 aliphatic rings. The molecule has 3 aromatic carbocycles. The molecule has 1 amide bonds. The van der Waals surface area contributed by atoms with Crippen molar-refractivity contribution in [2.24, 2.45) is 0 Å². The molecule has 1 heterocycles. The molecule has 0 aromatic heterocycles. The third-order valence-electron chi connectivity index (χ3n) is 6.16. The van der Waals surface area contributed by atoms with Crippen LogP contribution in [0.1, 0.15) is 48.2 Å². The lowest BCUT2D eigenvalue weighted by Crippen LogP contribution is -2.30. The van der Waals surface area contributed by atoms with Gasteiger partial charge in [-0.3, -0.25) is 4.79 Å². The molecule has 0 aliphatic carbocycles. The number of carbonyl (C=O) groups excluding carboxylic acids is 1. The molecule has 33 heavy (non-hydrogen) atoms. The molecule has 0 saturated carbocycles. The van der Waals surface area contributed by atoms with Crippen molar-refractivity contribution in [2.45, 2.75) is 26.7 Å². The normalized spacial score (nSPS) is 13.5. The van der Waals surface area contributed by atoms with Crippen LogP contribution in [0, 0.1) is 0 Å². The van der Waals surface area contributed by atoms with E-state index in [2.05, 4.69) is 29.6 Å². The molecular formula is C29H32N2O2. The fraction of sp³-hybridized carbons (Fsp3) is 0.276. The summed E-state index contributed by atoms with van der Waals surface area (Å²) in [6.45, 7) is 7.39. The number of amides is 1. The van der Waals surface area contributed by atoms with E-state index in [1.165, 1.54) is 11.1 Å². The minimum atomic E-state index is 0.0791. The molecule has 0 unspecified atom stereocenters. The number of hydrogen-bond donors (Lipinski definition) is 1. The van der Waals surface area contributed by atoms with Crippen molar-refractivity contribution in [1.29, 1.82) is 0 Å². The number of rotatable bonds is 7.